The highest BCUT2D eigenvalue weighted by molar-refractivity contribution is 6.40. The van der Waals surface area contributed by atoms with Crippen LogP contribution in [0.5, 0.6) is 0 Å². The molecular formula is C6H13Cl3. The normalized spacial score (nSPS) is 8.00. The van der Waals surface area contributed by atoms with Crippen LogP contribution in [0.3, 0.4) is 0 Å². The van der Waals surface area contributed by atoms with Gasteiger partial charge < -0.3 is 0 Å². The second-order valence-corrected chi connectivity index (χ2v) is 2.68. The molecule has 0 saturated heterocycles. The number of rotatable bonds is 3. The number of halogens is 3. The van der Waals surface area contributed by atoms with Gasteiger partial charge in [0.1, 0.15) is 0 Å². The molecule has 0 amide bonds. The Kier molecular flexibility index (Phi) is 22.2. The summed E-state index contributed by atoms with van der Waals surface area (Å²) in [4.78, 5) is 0. The van der Waals surface area contributed by atoms with Gasteiger partial charge >= 0.3 is 0 Å². The van der Waals surface area contributed by atoms with Gasteiger partial charge in [0, 0.05) is 5.88 Å². The standard InChI is InChI=1S/C5H11Cl.CH2Cl2/c1-2-3-4-5-6;2-1-3/h2-5H2,1H3;1H2. The Morgan fingerprint density at radius 1 is 1.00 bits per heavy atom. The molecule has 0 bridgehead atoms. The Morgan fingerprint density at radius 3 is 1.56 bits per heavy atom. The van der Waals surface area contributed by atoms with Crippen molar-refractivity contribution in [2.45, 2.75) is 26.2 Å². The second-order valence-electron chi connectivity index (χ2n) is 1.50. The first-order valence-corrected chi connectivity index (χ1v) is 4.61. The Balaban J connectivity index is 0. The summed E-state index contributed by atoms with van der Waals surface area (Å²) in [6.07, 6.45) is 3.73. The zero-order valence-corrected chi connectivity index (χ0v) is 7.94. The molecule has 0 spiro atoms. The molecule has 0 aromatic carbocycles. The largest absolute Gasteiger partial charge is 0.127 e. The van der Waals surface area contributed by atoms with E-state index in [1.54, 1.807) is 0 Å². The molecule has 9 heavy (non-hydrogen) atoms. The Bertz CT molecular complexity index is 27.5. The monoisotopic (exact) mass is 190 g/mol. The van der Waals surface area contributed by atoms with E-state index in [1.807, 2.05) is 0 Å². The Hall–Kier alpha value is 0.870. The van der Waals surface area contributed by atoms with Crippen LogP contribution in [0.4, 0.5) is 0 Å². The highest BCUT2D eigenvalue weighted by Gasteiger charge is 1.76. The summed E-state index contributed by atoms with van der Waals surface area (Å²) in [6.45, 7) is 2.17. The van der Waals surface area contributed by atoms with Crippen LogP contribution in [0.2, 0.25) is 0 Å². The first kappa shape index (κ1) is 12.5. The van der Waals surface area contributed by atoms with E-state index in [0.29, 0.717) is 0 Å². The SMILES string of the molecule is CCCCCCl.ClCCl. The molecule has 0 rings (SSSR count). The second kappa shape index (κ2) is 15.9. The molecule has 0 nitrogen and oxygen atoms in total. The minimum absolute atomic E-state index is 0.194. The van der Waals surface area contributed by atoms with Crippen molar-refractivity contribution >= 4 is 34.8 Å². The lowest BCUT2D eigenvalue weighted by atomic mass is 10.3. The average molecular weight is 192 g/mol. The highest BCUT2D eigenvalue weighted by Crippen LogP contribution is 1.93. The van der Waals surface area contributed by atoms with Crippen molar-refractivity contribution in [3.63, 3.8) is 0 Å². The maximum Gasteiger partial charge on any atom is 0.0967 e. The smallest absolute Gasteiger partial charge is 0.0967 e. The van der Waals surface area contributed by atoms with Crippen LogP contribution in [0, 0.1) is 0 Å². The number of alkyl halides is 3. The minimum Gasteiger partial charge on any atom is -0.127 e. The van der Waals surface area contributed by atoms with Crippen LogP contribution in [0.1, 0.15) is 26.2 Å². The van der Waals surface area contributed by atoms with Crippen molar-refractivity contribution in [1.82, 2.24) is 0 Å². The molecule has 0 N–H and O–H groups in total. The van der Waals surface area contributed by atoms with Crippen molar-refractivity contribution in [2.24, 2.45) is 0 Å². The number of hydrogen-bond donors (Lipinski definition) is 0. The molecular weight excluding hydrogens is 178 g/mol. The predicted molar refractivity (Wildman–Crippen MR) is 46.8 cm³/mol. The van der Waals surface area contributed by atoms with Gasteiger partial charge in [0.15, 0.2) is 0 Å². The molecule has 0 radical (unpaired) electrons. The van der Waals surface area contributed by atoms with Crippen molar-refractivity contribution in [3.05, 3.63) is 0 Å². The molecule has 0 aromatic heterocycles. The molecule has 0 atom stereocenters. The number of unbranched alkanes of at least 4 members (excludes halogenated alkanes) is 2. The summed E-state index contributed by atoms with van der Waals surface area (Å²) in [5, 5.41) is 0.194. The fourth-order valence-corrected chi connectivity index (χ4v) is 0.533. The third-order valence-electron chi connectivity index (χ3n) is 0.737. The van der Waals surface area contributed by atoms with E-state index >= 15 is 0 Å². The average Bonchev–Trinajstić information content (AvgIpc) is 1.86. The molecule has 3 heteroatoms. The van der Waals surface area contributed by atoms with Crippen LogP contribution >= 0.6 is 34.8 Å². The molecule has 0 heterocycles. The third kappa shape index (κ3) is 28.0. The zero-order valence-electron chi connectivity index (χ0n) is 5.67. The van der Waals surface area contributed by atoms with Crippen LogP contribution in [0.25, 0.3) is 0 Å². The molecule has 0 unspecified atom stereocenters. The van der Waals surface area contributed by atoms with E-state index in [1.165, 1.54) is 19.3 Å². The fraction of sp³-hybridized carbons (Fsp3) is 1.00. The minimum atomic E-state index is 0.194. The van der Waals surface area contributed by atoms with Gasteiger partial charge in [0.05, 0.1) is 5.34 Å². The maximum atomic E-state index is 5.38. The van der Waals surface area contributed by atoms with Crippen molar-refractivity contribution in [1.29, 1.82) is 0 Å². The van der Waals surface area contributed by atoms with Crippen molar-refractivity contribution in [3.8, 4) is 0 Å². The lowest BCUT2D eigenvalue weighted by Gasteiger charge is -1.84. The third-order valence-corrected chi connectivity index (χ3v) is 1.00. The summed E-state index contributed by atoms with van der Waals surface area (Å²) in [7, 11) is 0. The molecule has 0 saturated carbocycles. The van der Waals surface area contributed by atoms with E-state index in [0.717, 1.165) is 5.88 Å². The first-order chi connectivity index (χ1) is 4.33. The molecule has 58 valence electrons. The maximum absolute atomic E-state index is 5.38. The summed E-state index contributed by atoms with van der Waals surface area (Å²) in [5.41, 5.74) is 0. The van der Waals surface area contributed by atoms with E-state index in [2.05, 4.69) is 6.92 Å². The topological polar surface area (TPSA) is 0 Å². The Labute approximate surface area is 72.5 Å². The van der Waals surface area contributed by atoms with E-state index in [-0.39, 0.29) is 5.34 Å². The molecule has 0 aliphatic heterocycles. The first-order valence-electron chi connectivity index (χ1n) is 3.01. The lowest BCUT2D eigenvalue weighted by molar-refractivity contribution is 0.776. The van der Waals surface area contributed by atoms with Gasteiger partial charge in [0.2, 0.25) is 0 Å². The fourth-order valence-electron chi connectivity index (χ4n) is 0.344. The van der Waals surface area contributed by atoms with Gasteiger partial charge in [-0.3, -0.25) is 0 Å². The number of hydrogen-bond acceptors (Lipinski definition) is 0. The van der Waals surface area contributed by atoms with Crippen LogP contribution < -0.4 is 0 Å². The predicted octanol–water partition coefficient (Wildman–Crippen LogP) is 3.84. The van der Waals surface area contributed by atoms with E-state index in [9.17, 15) is 0 Å². The van der Waals surface area contributed by atoms with E-state index < -0.39 is 0 Å². The summed E-state index contributed by atoms with van der Waals surface area (Å²) in [6, 6.07) is 0. The quantitative estimate of drug-likeness (QED) is 0.470. The van der Waals surface area contributed by atoms with Gasteiger partial charge in [-0.25, -0.2) is 0 Å². The highest BCUT2D eigenvalue weighted by atomic mass is 35.5. The molecule has 0 aromatic rings. The van der Waals surface area contributed by atoms with Crippen LogP contribution in [-0.2, 0) is 0 Å². The van der Waals surface area contributed by atoms with Crippen molar-refractivity contribution < 1.29 is 0 Å². The molecule has 0 aliphatic rings. The van der Waals surface area contributed by atoms with Crippen LogP contribution in [0.15, 0.2) is 0 Å². The molecule has 0 fully saturated rings. The van der Waals surface area contributed by atoms with Gasteiger partial charge in [-0.05, 0) is 6.42 Å². The van der Waals surface area contributed by atoms with Gasteiger partial charge in [-0.2, -0.15) is 0 Å². The van der Waals surface area contributed by atoms with Crippen LogP contribution in [-0.4, -0.2) is 11.2 Å². The van der Waals surface area contributed by atoms with Crippen molar-refractivity contribution in [2.75, 3.05) is 11.2 Å². The zero-order chi connectivity index (χ0) is 7.54. The summed E-state index contributed by atoms with van der Waals surface area (Å²) >= 11 is 14.9. The van der Waals surface area contributed by atoms with Gasteiger partial charge in [-0.1, -0.05) is 19.8 Å². The Morgan fingerprint density at radius 2 is 1.44 bits per heavy atom. The van der Waals surface area contributed by atoms with Gasteiger partial charge in [0.25, 0.3) is 0 Å². The lowest BCUT2D eigenvalue weighted by Crippen LogP contribution is -1.70. The van der Waals surface area contributed by atoms with Gasteiger partial charge in [-0.15, -0.1) is 34.8 Å². The van der Waals surface area contributed by atoms with E-state index in [4.69, 9.17) is 34.8 Å². The molecule has 0 aliphatic carbocycles. The summed E-state index contributed by atoms with van der Waals surface area (Å²) in [5.74, 6) is 0.827. The summed E-state index contributed by atoms with van der Waals surface area (Å²) < 4.78 is 0.